The van der Waals surface area contributed by atoms with Gasteiger partial charge in [0.2, 0.25) is 0 Å². The van der Waals surface area contributed by atoms with Gasteiger partial charge in [-0.05, 0) is 49.9 Å². The Morgan fingerprint density at radius 1 is 1.35 bits per heavy atom. The van der Waals surface area contributed by atoms with Crippen LogP contribution < -0.4 is 4.90 Å². The number of benzene rings is 1. The minimum absolute atomic E-state index is 0.276. The molecule has 0 aromatic heterocycles. The molecule has 0 amide bonds. The minimum Gasteiger partial charge on any atom is -0.396 e. The summed E-state index contributed by atoms with van der Waals surface area (Å²) in [5.41, 5.74) is 1.91. The standard InChI is InChI=1S/C14H18N2O/c15-11-12-5-7-14(8-6-12)16-9-1-3-13(16)4-2-10-17/h5-8,13,17H,1-4,9-10H2. The van der Waals surface area contributed by atoms with Crippen LogP contribution in [0.25, 0.3) is 0 Å². The molecule has 90 valence electrons. The Labute approximate surface area is 102 Å². The van der Waals surface area contributed by atoms with Gasteiger partial charge >= 0.3 is 0 Å². The van der Waals surface area contributed by atoms with Crippen molar-refractivity contribution >= 4 is 5.69 Å². The first kappa shape index (κ1) is 11.9. The predicted molar refractivity (Wildman–Crippen MR) is 67.8 cm³/mol. The van der Waals surface area contributed by atoms with Crippen molar-refractivity contribution in [2.24, 2.45) is 0 Å². The molecule has 17 heavy (non-hydrogen) atoms. The Morgan fingerprint density at radius 3 is 2.76 bits per heavy atom. The Bertz CT molecular complexity index is 394. The summed E-state index contributed by atoms with van der Waals surface area (Å²) in [5.74, 6) is 0. The molecule has 1 aromatic rings. The van der Waals surface area contributed by atoms with Crippen molar-refractivity contribution in [3.8, 4) is 6.07 Å². The fourth-order valence-corrected chi connectivity index (χ4v) is 2.53. The van der Waals surface area contributed by atoms with Crippen LogP contribution >= 0.6 is 0 Å². The quantitative estimate of drug-likeness (QED) is 0.863. The largest absolute Gasteiger partial charge is 0.396 e. The predicted octanol–water partition coefficient (Wildman–Crippen LogP) is 2.30. The van der Waals surface area contributed by atoms with Crippen molar-refractivity contribution in [2.45, 2.75) is 31.7 Å². The zero-order valence-corrected chi connectivity index (χ0v) is 9.97. The fraction of sp³-hybridized carbons (Fsp3) is 0.500. The summed E-state index contributed by atoms with van der Waals surface area (Å²) in [6.45, 7) is 1.36. The number of hydrogen-bond acceptors (Lipinski definition) is 3. The molecule has 1 heterocycles. The van der Waals surface area contributed by atoms with E-state index in [2.05, 4.69) is 11.0 Å². The lowest BCUT2D eigenvalue weighted by Crippen LogP contribution is -2.29. The smallest absolute Gasteiger partial charge is 0.0991 e. The normalized spacial score (nSPS) is 19.3. The van der Waals surface area contributed by atoms with E-state index in [1.54, 1.807) is 0 Å². The molecule has 0 aliphatic carbocycles. The summed E-state index contributed by atoms with van der Waals surface area (Å²) in [6, 6.07) is 10.5. The molecule has 0 saturated carbocycles. The minimum atomic E-state index is 0.276. The van der Waals surface area contributed by atoms with Gasteiger partial charge in [-0.25, -0.2) is 0 Å². The monoisotopic (exact) mass is 230 g/mol. The molecule has 1 aliphatic rings. The number of hydrogen-bond donors (Lipinski definition) is 1. The van der Waals surface area contributed by atoms with Crippen LogP contribution in [0.5, 0.6) is 0 Å². The van der Waals surface area contributed by atoms with Crippen molar-refractivity contribution in [3.63, 3.8) is 0 Å². The van der Waals surface area contributed by atoms with Crippen molar-refractivity contribution in [1.29, 1.82) is 5.26 Å². The lowest BCUT2D eigenvalue weighted by atomic mass is 10.1. The highest BCUT2D eigenvalue weighted by Crippen LogP contribution is 2.28. The molecule has 1 aliphatic heterocycles. The molecule has 3 heteroatoms. The topological polar surface area (TPSA) is 47.3 Å². The van der Waals surface area contributed by atoms with Crippen molar-refractivity contribution in [3.05, 3.63) is 29.8 Å². The van der Waals surface area contributed by atoms with E-state index in [1.807, 2.05) is 24.3 Å². The summed E-state index contributed by atoms with van der Waals surface area (Å²) in [5, 5.41) is 17.7. The highest BCUT2D eigenvalue weighted by Gasteiger charge is 2.23. The lowest BCUT2D eigenvalue weighted by molar-refractivity contribution is 0.279. The van der Waals surface area contributed by atoms with Crippen LogP contribution in [0.4, 0.5) is 5.69 Å². The maximum absolute atomic E-state index is 8.90. The van der Waals surface area contributed by atoms with E-state index in [4.69, 9.17) is 10.4 Å². The van der Waals surface area contributed by atoms with Gasteiger partial charge in [0.1, 0.15) is 0 Å². The Hall–Kier alpha value is -1.53. The third-order valence-electron chi connectivity index (χ3n) is 3.40. The van der Waals surface area contributed by atoms with Crippen molar-refractivity contribution in [1.82, 2.24) is 0 Å². The van der Waals surface area contributed by atoms with E-state index in [0.29, 0.717) is 11.6 Å². The van der Waals surface area contributed by atoms with Gasteiger partial charge in [0.25, 0.3) is 0 Å². The van der Waals surface area contributed by atoms with Gasteiger partial charge in [0.15, 0.2) is 0 Å². The zero-order chi connectivity index (χ0) is 12.1. The van der Waals surface area contributed by atoms with E-state index in [9.17, 15) is 0 Å². The number of nitriles is 1. The van der Waals surface area contributed by atoms with Gasteiger partial charge in [-0.3, -0.25) is 0 Å². The van der Waals surface area contributed by atoms with E-state index < -0.39 is 0 Å². The lowest BCUT2D eigenvalue weighted by Gasteiger charge is -2.26. The molecule has 1 fully saturated rings. The average Bonchev–Trinajstić information content (AvgIpc) is 2.84. The number of nitrogens with zero attached hydrogens (tertiary/aromatic N) is 2. The zero-order valence-electron chi connectivity index (χ0n) is 9.97. The summed E-state index contributed by atoms with van der Waals surface area (Å²) >= 11 is 0. The third-order valence-corrected chi connectivity index (χ3v) is 3.40. The molecule has 1 atom stereocenters. The Kier molecular flexibility index (Phi) is 4.00. The van der Waals surface area contributed by atoms with Crippen LogP contribution in [0.15, 0.2) is 24.3 Å². The average molecular weight is 230 g/mol. The van der Waals surface area contributed by atoms with Gasteiger partial charge in [0, 0.05) is 24.9 Å². The Morgan fingerprint density at radius 2 is 2.12 bits per heavy atom. The number of rotatable bonds is 4. The summed E-state index contributed by atoms with van der Waals surface area (Å²) in [4.78, 5) is 2.40. The van der Waals surface area contributed by atoms with Crippen molar-refractivity contribution in [2.75, 3.05) is 18.1 Å². The third kappa shape index (κ3) is 2.78. The van der Waals surface area contributed by atoms with Crippen LogP contribution in [0.2, 0.25) is 0 Å². The van der Waals surface area contributed by atoms with Crippen LogP contribution in [-0.4, -0.2) is 24.3 Å². The maximum atomic E-state index is 8.90. The van der Waals surface area contributed by atoms with Gasteiger partial charge < -0.3 is 10.0 Å². The first-order valence-corrected chi connectivity index (χ1v) is 6.23. The van der Waals surface area contributed by atoms with Gasteiger partial charge in [0.05, 0.1) is 11.6 Å². The van der Waals surface area contributed by atoms with E-state index >= 15 is 0 Å². The molecule has 1 aromatic carbocycles. The molecule has 3 nitrogen and oxygen atoms in total. The molecule has 1 N–H and O–H groups in total. The summed E-state index contributed by atoms with van der Waals surface area (Å²) < 4.78 is 0. The molecular weight excluding hydrogens is 212 g/mol. The second-order valence-electron chi connectivity index (χ2n) is 4.51. The van der Waals surface area contributed by atoms with Gasteiger partial charge in [-0.2, -0.15) is 5.26 Å². The molecule has 2 rings (SSSR count). The van der Waals surface area contributed by atoms with E-state index in [-0.39, 0.29) is 6.61 Å². The molecule has 1 saturated heterocycles. The SMILES string of the molecule is N#Cc1ccc(N2CCCC2CCCO)cc1. The molecule has 0 spiro atoms. The van der Waals surface area contributed by atoms with Gasteiger partial charge in [-0.1, -0.05) is 0 Å². The first-order valence-electron chi connectivity index (χ1n) is 6.23. The number of anilines is 1. The highest BCUT2D eigenvalue weighted by atomic mass is 16.2. The molecular formula is C14H18N2O. The van der Waals surface area contributed by atoms with Crippen LogP contribution in [0.1, 0.15) is 31.2 Å². The van der Waals surface area contributed by atoms with Crippen LogP contribution in [0.3, 0.4) is 0 Å². The second kappa shape index (κ2) is 5.70. The van der Waals surface area contributed by atoms with Gasteiger partial charge in [-0.15, -0.1) is 0 Å². The first-order chi connectivity index (χ1) is 8.35. The number of aliphatic hydroxyl groups excluding tert-OH is 1. The van der Waals surface area contributed by atoms with E-state index in [0.717, 1.165) is 19.4 Å². The maximum Gasteiger partial charge on any atom is 0.0991 e. The fourth-order valence-electron chi connectivity index (χ4n) is 2.53. The second-order valence-corrected chi connectivity index (χ2v) is 4.51. The van der Waals surface area contributed by atoms with Crippen LogP contribution in [0, 0.1) is 11.3 Å². The molecule has 1 unspecified atom stereocenters. The van der Waals surface area contributed by atoms with Crippen LogP contribution in [-0.2, 0) is 0 Å². The molecule has 0 bridgehead atoms. The summed E-state index contributed by atoms with van der Waals surface area (Å²) in [6.07, 6.45) is 4.35. The Balaban J connectivity index is 2.06. The molecule has 0 radical (unpaired) electrons. The summed E-state index contributed by atoms with van der Waals surface area (Å²) in [7, 11) is 0. The van der Waals surface area contributed by atoms with E-state index in [1.165, 1.54) is 18.5 Å². The highest BCUT2D eigenvalue weighted by molar-refractivity contribution is 5.51. The van der Waals surface area contributed by atoms with Crippen molar-refractivity contribution < 1.29 is 5.11 Å². The number of aliphatic hydroxyl groups is 1.